The fourth-order valence-corrected chi connectivity index (χ4v) is 3.02. The van der Waals surface area contributed by atoms with E-state index in [0.29, 0.717) is 6.54 Å². The molecule has 0 aliphatic carbocycles. The monoisotopic (exact) mass is 318 g/mol. The van der Waals surface area contributed by atoms with Crippen molar-refractivity contribution in [2.75, 3.05) is 18.9 Å². The predicted molar refractivity (Wildman–Crippen MR) is 93.2 cm³/mol. The number of carbonyl (C=O) groups excluding carboxylic acids is 1. The fourth-order valence-electron chi connectivity index (χ4n) is 2.16. The smallest absolute Gasteiger partial charge is 0.315 e. The molecule has 0 bridgehead atoms. The molecule has 0 fully saturated rings. The molecule has 0 aromatic heterocycles. The number of rotatable bonds is 7. The van der Waals surface area contributed by atoms with Crippen LogP contribution >= 0.6 is 11.8 Å². The molecule has 1 atom stereocenters. The molecule has 3 N–H and O–H groups in total. The Morgan fingerprint density at radius 2 is 2.00 bits per heavy atom. The lowest BCUT2D eigenvalue weighted by atomic mass is 10.1. The van der Waals surface area contributed by atoms with Crippen LogP contribution in [0.25, 0.3) is 10.8 Å². The zero-order valence-corrected chi connectivity index (χ0v) is 13.5. The van der Waals surface area contributed by atoms with Crippen LogP contribution in [0.2, 0.25) is 0 Å². The van der Waals surface area contributed by atoms with Crippen molar-refractivity contribution in [3.8, 4) is 0 Å². The third-order valence-electron chi connectivity index (χ3n) is 3.32. The third kappa shape index (κ3) is 4.93. The highest BCUT2D eigenvalue weighted by Gasteiger charge is 2.05. The number of fused-ring (bicyclic) bond motifs is 1. The van der Waals surface area contributed by atoms with Gasteiger partial charge in [-0.15, -0.1) is 0 Å². The Morgan fingerprint density at radius 3 is 2.82 bits per heavy atom. The average molecular weight is 318 g/mol. The van der Waals surface area contributed by atoms with Crippen molar-refractivity contribution in [1.82, 2.24) is 10.6 Å². The van der Waals surface area contributed by atoms with E-state index >= 15 is 0 Å². The number of carbonyl (C=O) groups is 1. The molecule has 2 aromatic rings. The van der Waals surface area contributed by atoms with E-state index in [1.54, 1.807) is 18.7 Å². The molecule has 0 radical (unpaired) electrons. The van der Waals surface area contributed by atoms with Crippen molar-refractivity contribution in [3.63, 3.8) is 0 Å². The van der Waals surface area contributed by atoms with Gasteiger partial charge in [-0.25, -0.2) is 4.79 Å². The third-order valence-corrected chi connectivity index (χ3v) is 4.33. The van der Waals surface area contributed by atoms with E-state index < -0.39 is 0 Å². The number of aliphatic hydroxyl groups excluding tert-OH is 1. The summed E-state index contributed by atoms with van der Waals surface area (Å²) in [5.74, 6) is 1.78. The van der Waals surface area contributed by atoms with Gasteiger partial charge in [-0.3, -0.25) is 0 Å². The molecule has 118 valence electrons. The molecule has 0 heterocycles. The van der Waals surface area contributed by atoms with Gasteiger partial charge in [0.2, 0.25) is 0 Å². The molecule has 0 aliphatic rings. The maximum Gasteiger partial charge on any atom is 0.315 e. The molecule has 22 heavy (non-hydrogen) atoms. The standard InChI is InChI=1S/C17H22N2O2S/c1-13(11-20)19-17(21)18-9-10-22-12-15-7-4-6-14-5-2-3-8-16(14)15/h2-8,13,20H,9-12H2,1H3,(H2,18,19,21). The van der Waals surface area contributed by atoms with Crippen LogP contribution in [0.3, 0.4) is 0 Å². The molecule has 2 amide bonds. The Hall–Kier alpha value is -1.72. The first-order chi connectivity index (χ1) is 10.7. The highest BCUT2D eigenvalue weighted by atomic mass is 32.2. The summed E-state index contributed by atoms with van der Waals surface area (Å²) >= 11 is 1.80. The van der Waals surface area contributed by atoms with Crippen LogP contribution in [-0.2, 0) is 5.75 Å². The van der Waals surface area contributed by atoms with Gasteiger partial charge in [0.05, 0.1) is 12.6 Å². The zero-order valence-electron chi connectivity index (χ0n) is 12.7. The maximum atomic E-state index is 11.5. The summed E-state index contributed by atoms with van der Waals surface area (Å²) in [6.07, 6.45) is 0. The molecule has 1 unspecified atom stereocenters. The van der Waals surface area contributed by atoms with Crippen molar-refractivity contribution < 1.29 is 9.90 Å². The van der Waals surface area contributed by atoms with Crippen molar-refractivity contribution >= 4 is 28.6 Å². The molecule has 2 aromatic carbocycles. The quantitative estimate of drug-likeness (QED) is 0.688. The lowest BCUT2D eigenvalue weighted by Gasteiger charge is -2.12. The van der Waals surface area contributed by atoms with Gasteiger partial charge in [0, 0.05) is 18.1 Å². The molecule has 0 spiro atoms. The highest BCUT2D eigenvalue weighted by Crippen LogP contribution is 2.22. The summed E-state index contributed by atoms with van der Waals surface area (Å²) in [5.41, 5.74) is 1.32. The molecule has 0 saturated carbocycles. The highest BCUT2D eigenvalue weighted by molar-refractivity contribution is 7.98. The van der Waals surface area contributed by atoms with Gasteiger partial charge >= 0.3 is 6.03 Å². The molecule has 0 saturated heterocycles. The summed E-state index contributed by atoms with van der Waals surface area (Å²) < 4.78 is 0. The molecule has 4 nitrogen and oxygen atoms in total. The molecule has 5 heteroatoms. The van der Waals surface area contributed by atoms with Crippen LogP contribution in [0, 0.1) is 0 Å². The number of urea groups is 1. The second-order valence-corrected chi connectivity index (χ2v) is 6.28. The van der Waals surface area contributed by atoms with E-state index in [2.05, 4.69) is 53.1 Å². The summed E-state index contributed by atoms with van der Waals surface area (Å²) in [5, 5.41) is 16.9. The summed E-state index contributed by atoms with van der Waals surface area (Å²) in [7, 11) is 0. The summed E-state index contributed by atoms with van der Waals surface area (Å²) in [6.45, 7) is 2.32. The van der Waals surface area contributed by atoms with E-state index in [1.165, 1.54) is 16.3 Å². The molecule has 0 aliphatic heterocycles. The summed E-state index contributed by atoms with van der Waals surface area (Å²) in [4.78, 5) is 11.5. The minimum atomic E-state index is -0.229. The Morgan fingerprint density at radius 1 is 1.23 bits per heavy atom. The number of nitrogens with one attached hydrogen (secondary N) is 2. The number of hydrogen-bond acceptors (Lipinski definition) is 3. The van der Waals surface area contributed by atoms with E-state index in [1.807, 2.05) is 0 Å². The van der Waals surface area contributed by atoms with Crippen LogP contribution < -0.4 is 10.6 Å². The fraction of sp³-hybridized carbons (Fsp3) is 0.353. The van der Waals surface area contributed by atoms with E-state index in [9.17, 15) is 4.79 Å². The first kappa shape index (κ1) is 16.6. The van der Waals surface area contributed by atoms with Gasteiger partial charge < -0.3 is 15.7 Å². The predicted octanol–water partition coefficient (Wildman–Crippen LogP) is 2.75. The number of amides is 2. The van der Waals surface area contributed by atoms with Crippen LogP contribution in [-0.4, -0.2) is 36.1 Å². The van der Waals surface area contributed by atoms with Crippen LogP contribution in [0.15, 0.2) is 42.5 Å². The first-order valence-electron chi connectivity index (χ1n) is 7.40. The maximum absolute atomic E-state index is 11.5. The topological polar surface area (TPSA) is 61.4 Å². The second kappa shape index (κ2) is 8.66. The van der Waals surface area contributed by atoms with Crippen molar-refractivity contribution in [2.45, 2.75) is 18.7 Å². The number of aliphatic hydroxyl groups is 1. The molecular weight excluding hydrogens is 296 g/mol. The van der Waals surface area contributed by atoms with Crippen LogP contribution in [0.1, 0.15) is 12.5 Å². The van der Waals surface area contributed by atoms with Gasteiger partial charge in [0.1, 0.15) is 0 Å². The lowest BCUT2D eigenvalue weighted by Crippen LogP contribution is -2.42. The van der Waals surface area contributed by atoms with Gasteiger partial charge in [0.15, 0.2) is 0 Å². The zero-order chi connectivity index (χ0) is 15.8. The van der Waals surface area contributed by atoms with E-state index in [0.717, 1.165) is 11.5 Å². The minimum absolute atomic E-state index is 0.0523. The van der Waals surface area contributed by atoms with Gasteiger partial charge in [-0.05, 0) is 23.3 Å². The number of benzene rings is 2. The van der Waals surface area contributed by atoms with Crippen molar-refractivity contribution in [2.24, 2.45) is 0 Å². The molecule has 2 rings (SSSR count). The summed E-state index contributed by atoms with van der Waals surface area (Å²) in [6, 6.07) is 14.3. The Labute approximate surface area is 135 Å². The Balaban J connectivity index is 1.73. The van der Waals surface area contributed by atoms with Crippen LogP contribution in [0.5, 0.6) is 0 Å². The van der Waals surface area contributed by atoms with Gasteiger partial charge in [0.25, 0.3) is 0 Å². The van der Waals surface area contributed by atoms with Gasteiger partial charge in [-0.2, -0.15) is 11.8 Å². The van der Waals surface area contributed by atoms with Crippen molar-refractivity contribution in [1.29, 1.82) is 0 Å². The van der Waals surface area contributed by atoms with Crippen molar-refractivity contribution in [3.05, 3.63) is 48.0 Å². The minimum Gasteiger partial charge on any atom is -0.394 e. The molecular formula is C17H22N2O2S. The van der Waals surface area contributed by atoms with Crippen LogP contribution in [0.4, 0.5) is 4.79 Å². The largest absolute Gasteiger partial charge is 0.394 e. The number of hydrogen-bond donors (Lipinski definition) is 3. The van der Waals surface area contributed by atoms with Gasteiger partial charge in [-0.1, -0.05) is 42.5 Å². The Bertz CT molecular complexity index is 613. The second-order valence-electron chi connectivity index (χ2n) is 5.17. The SMILES string of the molecule is CC(CO)NC(=O)NCCSCc1cccc2ccccc12. The normalized spacial score (nSPS) is 12.1. The lowest BCUT2D eigenvalue weighted by molar-refractivity contribution is 0.221. The average Bonchev–Trinajstić information content (AvgIpc) is 2.54. The van der Waals surface area contributed by atoms with E-state index in [-0.39, 0.29) is 18.7 Å². The Kier molecular flexibility index (Phi) is 6.55. The first-order valence-corrected chi connectivity index (χ1v) is 8.56. The van der Waals surface area contributed by atoms with E-state index in [4.69, 9.17) is 5.11 Å². The number of thioether (sulfide) groups is 1.